The van der Waals surface area contributed by atoms with Gasteiger partial charge in [-0.3, -0.25) is 14.4 Å². The number of aliphatic carboxylic acids is 1. The van der Waals surface area contributed by atoms with Crippen molar-refractivity contribution in [2.45, 2.75) is 94.9 Å². The molecule has 0 heterocycles. The maximum absolute atomic E-state index is 17.2. The zero-order valence-electron chi connectivity index (χ0n) is 20.3. The quantitative estimate of drug-likeness (QED) is 0.343. The maximum atomic E-state index is 17.2. The number of aliphatic hydroxyl groups is 3. The normalized spacial score (nSPS) is 44.6. The van der Waals surface area contributed by atoms with Gasteiger partial charge >= 0.3 is 5.97 Å². The first-order chi connectivity index (χ1) is 16.6. The molecule has 4 aliphatic carbocycles. The fourth-order valence-electron chi connectivity index (χ4n) is 7.69. The minimum Gasteiger partial charge on any atom is -0.481 e. The zero-order chi connectivity index (χ0) is 26.8. The van der Waals surface area contributed by atoms with Crippen molar-refractivity contribution in [2.24, 2.45) is 22.7 Å². The first-order valence-electron chi connectivity index (χ1n) is 12.5. The Kier molecular flexibility index (Phi) is 6.93. The Morgan fingerprint density at radius 1 is 1.25 bits per heavy atom. The van der Waals surface area contributed by atoms with Crippen LogP contribution in [0.5, 0.6) is 0 Å². The Morgan fingerprint density at radius 2 is 1.92 bits per heavy atom. The van der Waals surface area contributed by atoms with Crippen molar-refractivity contribution in [1.29, 1.82) is 0 Å². The fraction of sp³-hybridized carbons (Fsp3) is 0.731. The van der Waals surface area contributed by atoms with E-state index < -0.39 is 69.9 Å². The molecule has 0 aliphatic heterocycles. The van der Waals surface area contributed by atoms with Crippen LogP contribution in [0.3, 0.4) is 0 Å². The molecule has 9 atom stereocenters. The number of fused-ring (bicyclic) bond motifs is 5. The third-order valence-corrected chi connectivity index (χ3v) is 10.3. The second-order valence-electron chi connectivity index (χ2n) is 11.4. The molecule has 0 bridgehead atoms. The van der Waals surface area contributed by atoms with Crippen LogP contribution in [-0.4, -0.2) is 67.6 Å². The van der Waals surface area contributed by atoms with Gasteiger partial charge in [0, 0.05) is 23.2 Å². The lowest BCUT2D eigenvalue weighted by Crippen LogP contribution is -2.70. The van der Waals surface area contributed by atoms with Crippen molar-refractivity contribution in [3.63, 3.8) is 0 Å². The van der Waals surface area contributed by atoms with Crippen molar-refractivity contribution >= 4 is 33.5 Å². The van der Waals surface area contributed by atoms with Crippen LogP contribution >= 0.6 is 15.9 Å². The van der Waals surface area contributed by atoms with Gasteiger partial charge in [-0.25, -0.2) is 8.78 Å². The van der Waals surface area contributed by atoms with Crippen molar-refractivity contribution in [2.75, 3.05) is 0 Å². The molecule has 3 fully saturated rings. The molecule has 1 unspecified atom stereocenters. The highest BCUT2D eigenvalue weighted by atomic mass is 79.9. The number of aliphatic hydroxyl groups excluding tert-OH is 2. The van der Waals surface area contributed by atoms with E-state index in [9.17, 15) is 29.7 Å². The number of carbonyl (C=O) groups is 3. The highest BCUT2D eigenvalue weighted by molar-refractivity contribution is 9.12. The van der Waals surface area contributed by atoms with Crippen LogP contribution in [0, 0.1) is 22.7 Å². The van der Waals surface area contributed by atoms with Crippen LogP contribution < -0.4 is 0 Å². The van der Waals surface area contributed by atoms with Gasteiger partial charge in [0.15, 0.2) is 17.2 Å². The number of hydrogen-bond acceptors (Lipinski definition) is 6. The summed E-state index contributed by atoms with van der Waals surface area (Å²) in [7, 11) is 0. The molecule has 0 saturated heterocycles. The van der Waals surface area contributed by atoms with Gasteiger partial charge in [0.2, 0.25) is 0 Å². The molecular weight excluding hydrogens is 542 g/mol. The largest absolute Gasteiger partial charge is 0.481 e. The summed E-state index contributed by atoms with van der Waals surface area (Å²) >= 11 is 3.14. The summed E-state index contributed by atoms with van der Waals surface area (Å²) in [5.74, 6) is -3.98. The summed E-state index contributed by atoms with van der Waals surface area (Å²) in [4.78, 5) is 36.2. The number of carbonyl (C=O) groups excluding carboxylic acids is 2. The number of halogens is 3. The fourth-order valence-corrected chi connectivity index (χ4v) is 8.26. The summed E-state index contributed by atoms with van der Waals surface area (Å²) in [6.07, 6.45) is -2.43. The Bertz CT molecular complexity index is 1050. The van der Waals surface area contributed by atoms with Gasteiger partial charge in [-0.1, -0.05) is 13.0 Å². The monoisotopic (exact) mass is 574 g/mol. The molecule has 0 spiro atoms. The smallest absolute Gasteiger partial charge is 0.303 e. The molecule has 0 amide bonds. The number of ketones is 2. The third-order valence-electron chi connectivity index (χ3n) is 9.67. The molecule has 10 heteroatoms. The minimum absolute atomic E-state index is 0.0155. The third kappa shape index (κ3) is 3.69. The molecule has 4 rings (SSSR count). The summed E-state index contributed by atoms with van der Waals surface area (Å²) in [6, 6.07) is 0. The molecule has 200 valence electrons. The number of carboxylic acid groups (broad SMARTS) is 1. The Labute approximate surface area is 216 Å². The predicted octanol–water partition coefficient (Wildman–Crippen LogP) is 3.33. The van der Waals surface area contributed by atoms with Crippen molar-refractivity contribution in [3.8, 4) is 0 Å². The van der Waals surface area contributed by atoms with Gasteiger partial charge in [-0.05, 0) is 85.4 Å². The standard InChI is InChI=1S/C26H33BrF2O7/c1-23-12-20(32)26(29)14(9-17(28)15-10-19(31)16(27)11-24(15,26)2)13(23)7-8-25(23,36)22(35)18(30)5-3-4-6-21(33)34/h10-11,13-14,17-18,20,30,32,36H,3-9,12H2,1-2H3,(H,33,34)/t13-,14-,17+,18?,20-,23-,24-,25-,26-/m0/s1. The van der Waals surface area contributed by atoms with Gasteiger partial charge < -0.3 is 20.4 Å². The number of unbranched alkanes of at least 4 members (excludes halogenated alkanes) is 1. The van der Waals surface area contributed by atoms with E-state index in [1.165, 1.54) is 13.0 Å². The number of Topliss-reactive ketones (excluding diaryl/α,β-unsaturated/α-hetero) is 1. The summed E-state index contributed by atoms with van der Waals surface area (Å²) in [6.45, 7) is 3.07. The molecule has 4 aliphatic rings. The topological polar surface area (TPSA) is 132 Å². The summed E-state index contributed by atoms with van der Waals surface area (Å²) < 4.78 is 32.8. The van der Waals surface area contributed by atoms with Crippen LogP contribution in [0.4, 0.5) is 8.78 Å². The van der Waals surface area contributed by atoms with Gasteiger partial charge in [0.1, 0.15) is 17.9 Å². The number of allylic oxidation sites excluding steroid dienone is 4. The van der Waals surface area contributed by atoms with Gasteiger partial charge in [-0.15, -0.1) is 0 Å². The van der Waals surface area contributed by atoms with Crippen molar-refractivity contribution in [1.82, 2.24) is 0 Å². The lowest BCUT2D eigenvalue weighted by Gasteiger charge is -2.63. The van der Waals surface area contributed by atoms with Gasteiger partial charge in [0.05, 0.1) is 10.6 Å². The molecule has 7 nitrogen and oxygen atoms in total. The molecular formula is C26H33BrF2O7. The zero-order valence-corrected chi connectivity index (χ0v) is 21.9. The maximum Gasteiger partial charge on any atom is 0.303 e. The number of carboxylic acids is 1. The Balaban J connectivity index is 1.65. The number of hydrogen-bond donors (Lipinski definition) is 4. The van der Waals surface area contributed by atoms with E-state index in [0.717, 1.165) is 6.08 Å². The summed E-state index contributed by atoms with van der Waals surface area (Å²) in [5.41, 5.74) is -7.31. The molecule has 4 N–H and O–H groups in total. The van der Waals surface area contributed by atoms with Crippen LogP contribution in [0.2, 0.25) is 0 Å². The second-order valence-corrected chi connectivity index (χ2v) is 12.3. The van der Waals surface area contributed by atoms with Crippen molar-refractivity contribution < 1.29 is 43.6 Å². The lowest BCUT2D eigenvalue weighted by atomic mass is 9.44. The van der Waals surface area contributed by atoms with Crippen LogP contribution in [0.25, 0.3) is 0 Å². The average molecular weight is 575 g/mol. The van der Waals surface area contributed by atoms with E-state index in [1.807, 2.05) is 0 Å². The first-order valence-corrected chi connectivity index (χ1v) is 13.2. The summed E-state index contributed by atoms with van der Waals surface area (Å²) in [5, 5.41) is 42.3. The number of alkyl halides is 2. The molecule has 36 heavy (non-hydrogen) atoms. The van der Waals surface area contributed by atoms with Crippen LogP contribution in [0.15, 0.2) is 22.2 Å². The van der Waals surface area contributed by atoms with Crippen molar-refractivity contribution in [3.05, 3.63) is 22.2 Å². The highest BCUT2D eigenvalue weighted by Crippen LogP contribution is 2.70. The molecule has 0 aromatic heterocycles. The van der Waals surface area contributed by atoms with E-state index >= 15 is 8.78 Å². The number of rotatable bonds is 7. The van der Waals surface area contributed by atoms with Gasteiger partial charge in [0.25, 0.3) is 0 Å². The van der Waals surface area contributed by atoms with Crippen LogP contribution in [0.1, 0.15) is 65.2 Å². The van der Waals surface area contributed by atoms with Crippen LogP contribution in [-0.2, 0) is 14.4 Å². The van der Waals surface area contributed by atoms with E-state index in [4.69, 9.17) is 5.11 Å². The predicted molar refractivity (Wildman–Crippen MR) is 129 cm³/mol. The minimum atomic E-state index is -2.34. The van der Waals surface area contributed by atoms with E-state index in [2.05, 4.69) is 15.9 Å². The van der Waals surface area contributed by atoms with E-state index in [1.54, 1.807) is 6.92 Å². The SMILES string of the molecule is C[C@]12C=C(Br)C(=O)C=C1[C@H](F)C[C@H]1[C@@H]3CC[C@](O)(C(=O)C(O)CCCCC(=O)O)[C@@]3(C)C[C@H](O)[C@@]12F. The molecule has 0 aromatic rings. The van der Waals surface area contributed by atoms with E-state index in [0.29, 0.717) is 0 Å². The molecule has 0 radical (unpaired) electrons. The van der Waals surface area contributed by atoms with E-state index in [-0.39, 0.29) is 61.4 Å². The first kappa shape index (κ1) is 27.5. The Morgan fingerprint density at radius 3 is 2.56 bits per heavy atom. The second kappa shape index (κ2) is 9.06. The van der Waals surface area contributed by atoms with Gasteiger partial charge in [-0.2, -0.15) is 0 Å². The average Bonchev–Trinajstić information content (AvgIpc) is 3.06. The molecule has 0 aromatic carbocycles. The Hall–Kier alpha value is -1.49. The highest BCUT2D eigenvalue weighted by Gasteiger charge is 2.75. The molecule has 3 saturated carbocycles. The lowest BCUT2D eigenvalue weighted by molar-refractivity contribution is -0.223.